The molecule has 2 amide bonds. The molecule has 1 heterocycles. The summed E-state index contributed by atoms with van der Waals surface area (Å²) in [5.41, 5.74) is 0.534. The molecule has 0 saturated carbocycles. The van der Waals surface area contributed by atoms with Crippen molar-refractivity contribution >= 4 is 40.2 Å². The Morgan fingerprint density at radius 3 is 3.00 bits per heavy atom. The van der Waals surface area contributed by atoms with Gasteiger partial charge in [-0.3, -0.25) is 9.59 Å². The molecule has 7 heteroatoms. The van der Waals surface area contributed by atoms with Crippen molar-refractivity contribution in [2.75, 3.05) is 31.3 Å². The number of nitrogens with zero attached hydrogens (tertiary/aromatic N) is 1. The van der Waals surface area contributed by atoms with Gasteiger partial charge in [0.1, 0.15) is 5.75 Å². The summed E-state index contributed by atoms with van der Waals surface area (Å²) in [6.45, 7) is 1.14. The van der Waals surface area contributed by atoms with Gasteiger partial charge in [-0.25, -0.2) is 0 Å². The lowest BCUT2D eigenvalue weighted by Gasteiger charge is -2.15. The lowest BCUT2D eigenvalue weighted by atomic mass is 10.2. The fraction of sp³-hybridized carbons (Fsp3) is 0.385. The predicted octanol–water partition coefficient (Wildman–Crippen LogP) is 2.85. The van der Waals surface area contributed by atoms with Gasteiger partial charge in [-0.2, -0.15) is 0 Å². The number of ether oxygens (including phenoxy) is 1. The quantitative estimate of drug-likeness (QED) is 0.908. The van der Waals surface area contributed by atoms with Crippen molar-refractivity contribution in [2.45, 2.75) is 6.42 Å². The molecule has 1 N–H and O–H groups in total. The smallest absolute Gasteiger partial charge is 0.281 e. The summed E-state index contributed by atoms with van der Waals surface area (Å²) >= 11 is 7.18. The van der Waals surface area contributed by atoms with E-state index < -0.39 is 0 Å². The zero-order valence-corrected chi connectivity index (χ0v) is 12.6. The highest BCUT2D eigenvalue weighted by atomic mass is 35.5. The number of halogens is 1. The van der Waals surface area contributed by atoms with E-state index in [0.717, 1.165) is 5.75 Å². The maximum absolute atomic E-state index is 11.9. The molecular weight excluding hydrogens is 300 g/mol. The van der Waals surface area contributed by atoms with Crippen LogP contribution in [0.2, 0.25) is 5.02 Å². The van der Waals surface area contributed by atoms with Crippen molar-refractivity contribution in [1.82, 2.24) is 4.90 Å². The van der Waals surface area contributed by atoms with Crippen molar-refractivity contribution in [3.8, 4) is 5.75 Å². The van der Waals surface area contributed by atoms with E-state index in [1.807, 2.05) is 0 Å². The highest BCUT2D eigenvalue weighted by molar-refractivity contribution is 8.13. The third-order valence-corrected chi connectivity index (χ3v) is 4.02. The minimum atomic E-state index is -0.171. The molecule has 1 aromatic carbocycles. The first kappa shape index (κ1) is 15.0. The van der Waals surface area contributed by atoms with E-state index in [0.29, 0.717) is 29.5 Å². The van der Waals surface area contributed by atoms with Crippen LogP contribution in [-0.4, -0.2) is 42.0 Å². The number of benzene rings is 1. The van der Waals surface area contributed by atoms with Gasteiger partial charge in [-0.15, -0.1) is 0 Å². The second kappa shape index (κ2) is 6.85. The number of hydrogen-bond acceptors (Lipinski definition) is 4. The zero-order chi connectivity index (χ0) is 14.5. The van der Waals surface area contributed by atoms with Gasteiger partial charge in [0.25, 0.3) is 5.24 Å². The SMILES string of the molecule is COc1ccc(Cl)cc1NC(=O)CCN1CCSC1=O. The van der Waals surface area contributed by atoms with Gasteiger partial charge in [0.15, 0.2) is 0 Å². The highest BCUT2D eigenvalue weighted by Gasteiger charge is 2.21. The van der Waals surface area contributed by atoms with Crippen molar-refractivity contribution in [2.24, 2.45) is 0 Å². The second-order valence-electron chi connectivity index (χ2n) is 4.24. The van der Waals surface area contributed by atoms with E-state index >= 15 is 0 Å². The van der Waals surface area contributed by atoms with Gasteiger partial charge < -0.3 is 15.0 Å². The van der Waals surface area contributed by atoms with Crippen LogP contribution in [0, 0.1) is 0 Å². The summed E-state index contributed by atoms with van der Waals surface area (Å²) in [7, 11) is 1.53. The van der Waals surface area contributed by atoms with E-state index in [1.165, 1.54) is 18.9 Å². The summed E-state index contributed by atoms with van der Waals surface area (Å²) in [6.07, 6.45) is 0.252. The monoisotopic (exact) mass is 314 g/mol. The number of thioether (sulfide) groups is 1. The molecule has 0 radical (unpaired) electrons. The minimum Gasteiger partial charge on any atom is -0.495 e. The van der Waals surface area contributed by atoms with Gasteiger partial charge in [-0.05, 0) is 18.2 Å². The summed E-state index contributed by atoms with van der Waals surface area (Å²) < 4.78 is 5.15. The molecule has 2 rings (SSSR count). The zero-order valence-electron chi connectivity index (χ0n) is 11.0. The summed E-state index contributed by atoms with van der Waals surface area (Å²) in [6, 6.07) is 5.02. The van der Waals surface area contributed by atoms with E-state index in [9.17, 15) is 9.59 Å². The molecule has 0 aliphatic carbocycles. The molecule has 108 valence electrons. The molecular formula is C13H15ClN2O3S. The Morgan fingerprint density at radius 2 is 2.35 bits per heavy atom. The molecule has 1 aliphatic heterocycles. The number of methoxy groups -OCH3 is 1. The van der Waals surface area contributed by atoms with Crippen LogP contribution < -0.4 is 10.1 Å². The van der Waals surface area contributed by atoms with Crippen LogP contribution >= 0.6 is 23.4 Å². The first-order valence-electron chi connectivity index (χ1n) is 6.15. The molecule has 1 aliphatic rings. The minimum absolute atomic E-state index is 0.0399. The topological polar surface area (TPSA) is 58.6 Å². The number of carbonyl (C=O) groups excluding carboxylic acids is 2. The van der Waals surface area contributed by atoms with Crippen molar-refractivity contribution in [3.63, 3.8) is 0 Å². The number of anilines is 1. The molecule has 0 bridgehead atoms. The fourth-order valence-corrected chi connectivity index (χ4v) is 2.88. The molecule has 1 saturated heterocycles. The average Bonchev–Trinajstić information content (AvgIpc) is 2.82. The second-order valence-corrected chi connectivity index (χ2v) is 5.73. The first-order chi connectivity index (χ1) is 9.60. The normalized spacial score (nSPS) is 14.5. The van der Waals surface area contributed by atoms with Gasteiger partial charge >= 0.3 is 0 Å². The Morgan fingerprint density at radius 1 is 1.55 bits per heavy atom. The standard InChI is InChI=1S/C13H15ClN2O3S/c1-19-11-3-2-9(14)8-10(11)15-12(17)4-5-16-6-7-20-13(16)18/h2-3,8H,4-7H2,1H3,(H,15,17). The van der Waals surface area contributed by atoms with Crippen LogP contribution in [0.4, 0.5) is 10.5 Å². The third-order valence-electron chi connectivity index (χ3n) is 2.89. The number of carbonyl (C=O) groups is 2. The maximum atomic E-state index is 11.9. The molecule has 0 unspecified atom stereocenters. The van der Waals surface area contributed by atoms with Gasteiger partial charge in [0.05, 0.1) is 12.8 Å². The Bertz CT molecular complexity index is 524. The van der Waals surface area contributed by atoms with E-state index in [4.69, 9.17) is 16.3 Å². The fourth-order valence-electron chi connectivity index (χ4n) is 1.86. The molecule has 0 aromatic heterocycles. The third kappa shape index (κ3) is 3.80. The summed E-state index contributed by atoms with van der Waals surface area (Å²) in [5.74, 6) is 1.17. The van der Waals surface area contributed by atoms with E-state index in [2.05, 4.69) is 5.32 Å². The Balaban J connectivity index is 1.91. The van der Waals surface area contributed by atoms with Crippen LogP contribution in [0.15, 0.2) is 18.2 Å². The number of nitrogens with one attached hydrogen (secondary N) is 1. The Hall–Kier alpha value is -1.40. The molecule has 1 fully saturated rings. The van der Waals surface area contributed by atoms with Crippen molar-refractivity contribution in [1.29, 1.82) is 0 Å². The van der Waals surface area contributed by atoms with Gasteiger partial charge in [-0.1, -0.05) is 23.4 Å². The lowest BCUT2D eigenvalue weighted by Crippen LogP contribution is -2.27. The van der Waals surface area contributed by atoms with Crippen LogP contribution in [-0.2, 0) is 4.79 Å². The van der Waals surface area contributed by atoms with Crippen LogP contribution in [0.1, 0.15) is 6.42 Å². The van der Waals surface area contributed by atoms with Crippen LogP contribution in [0.25, 0.3) is 0 Å². The average molecular weight is 315 g/mol. The molecule has 1 aromatic rings. The number of rotatable bonds is 5. The molecule has 0 atom stereocenters. The Kier molecular flexibility index (Phi) is 5.14. The largest absolute Gasteiger partial charge is 0.495 e. The summed E-state index contributed by atoms with van der Waals surface area (Å²) in [5, 5.41) is 3.31. The lowest BCUT2D eigenvalue weighted by molar-refractivity contribution is -0.116. The van der Waals surface area contributed by atoms with Crippen LogP contribution in [0.3, 0.4) is 0 Å². The van der Waals surface area contributed by atoms with Crippen molar-refractivity contribution in [3.05, 3.63) is 23.2 Å². The van der Waals surface area contributed by atoms with E-state index in [1.54, 1.807) is 23.1 Å². The molecule has 20 heavy (non-hydrogen) atoms. The first-order valence-corrected chi connectivity index (χ1v) is 7.51. The number of hydrogen-bond donors (Lipinski definition) is 1. The predicted molar refractivity (Wildman–Crippen MR) is 80.7 cm³/mol. The van der Waals surface area contributed by atoms with Gasteiger partial charge in [0.2, 0.25) is 5.91 Å². The maximum Gasteiger partial charge on any atom is 0.281 e. The Labute approximate surface area is 126 Å². The highest BCUT2D eigenvalue weighted by Crippen LogP contribution is 2.27. The summed E-state index contributed by atoms with van der Waals surface area (Å²) in [4.78, 5) is 25.0. The van der Waals surface area contributed by atoms with Gasteiger partial charge in [0, 0.05) is 30.3 Å². The van der Waals surface area contributed by atoms with Crippen LogP contribution in [0.5, 0.6) is 5.75 Å². The van der Waals surface area contributed by atoms with E-state index in [-0.39, 0.29) is 17.6 Å². The number of amides is 2. The molecule has 0 spiro atoms. The van der Waals surface area contributed by atoms with Crippen molar-refractivity contribution < 1.29 is 14.3 Å². The molecule has 5 nitrogen and oxygen atoms in total.